The first-order valence-electron chi connectivity index (χ1n) is 13.7. The highest BCUT2D eigenvalue weighted by Gasteiger charge is 2.38. The van der Waals surface area contributed by atoms with Crippen molar-refractivity contribution >= 4 is 0 Å². The lowest BCUT2D eigenvalue weighted by Crippen LogP contribution is -2.17. The van der Waals surface area contributed by atoms with Crippen molar-refractivity contribution in [3.8, 4) is 62.5 Å². The van der Waals surface area contributed by atoms with Crippen molar-refractivity contribution in [2.45, 2.75) is 19.3 Å². The minimum Gasteiger partial charge on any atom is -0.208 e. The van der Waals surface area contributed by atoms with Gasteiger partial charge in [0.1, 0.15) is 6.07 Å². The van der Waals surface area contributed by atoms with Gasteiger partial charge in [0.15, 0.2) is 17.5 Å². The van der Waals surface area contributed by atoms with E-state index in [1.54, 1.807) is 0 Å². The van der Waals surface area contributed by atoms with E-state index in [1.165, 1.54) is 11.1 Å². The predicted octanol–water partition coefficient (Wildman–Crippen LogP) is 8.72. The molecule has 0 saturated heterocycles. The molecule has 0 radical (unpaired) electrons. The van der Waals surface area contributed by atoms with Crippen LogP contribution in [-0.2, 0) is 5.41 Å². The summed E-state index contributed by atoms with van der Waals surface area (Å²) in [6.45, 7) is 4.42. The van der Waals surface area contributed by atoms with E-state index in [0.29, 0.717) is 23.0 Å². The summed E-state index contributed by atoms with van der Waals surface area (Å²) in [6.07, 6.45) is 0. The van der Waals surface area contributed by atoms with Crippen LogP contribution in [0.5, 0.6) is 0 Å². The maximum absolute atomic E-state index is 10.5. The van der Waals surface area contributed by atoms with Crippen molar-refractivity contribution in [1.29, 1.82) is 5.26 Å². The van der Waals surface area contributed by atoms with Crippen LogP contribution < -0.4 is 0 Å². The summed E-state index contributed by atoms with van der Waals surface area (Å²) in [7, 11) is 0. The van der Waals surface area contributed by atoms with Gasteiger partial charge in [-0.15, -0.1) is 0 Å². The molecule has 1 heterocycles. The van der Waals surface area contributed by atoms with Crippen molar-refractivity contribution < 1.29 is 0 Å². The van der Waals surface area contributed by atoms with Crippen LogP contribution in [0.1, 0.15) is 30.5 Å². The fourth-order valence-electron chi connectivity index (χ4n) is 5.99. The average molecular weight is 527 g/mol. The number of hydrogen-bond donors (Lipinski definition) is 0. The Hall–Kier alpha value is -5.40. The fraction of sp³-hybridized carbons (Fsp3) is 0.0811. The van der Waals surface area contributed by atoms with E-state index in [0.717, 1.165) is 38.9 Å². The molecule has 0 amide bonds. The Morgan fingerprint density at radius 3 is 1.66 bits per heavy atom. The van der Waals surface area contributed by atoms with E-state index < -0.39 is 0 Å². The number of fused-ring (bicyclic) bond motifs is 3. The Morgan fingerprint density at radius 2 is 1.02 bits per heavy atom. The van der Waals surface area contributed by atoms with E-state index in [1.807, 2.05) is 72.8 Å². The lowest BCUT2D eigenvalue weighted by molar-refractivity contribution is 0.658. The molecule has 1 aromatic heterocycles. The van der Waals surface area contributed by atoms with Crippen LogP contribution in [-0.4, -0.2) is 15.0 Å². The zero-order valence-corrected chi connectivity index (χ0v) is 22.8. The molecule has 6 aromatic rings. The van der Waals surface area contributed by atoms with Gasteiger partial charge >= 0.3 is 0 Å². The number of rotatable bonds is 4. The van der Waals surface area contributed by atoms with Gasteiger partial charge in [-0.05, 0) is 39.4 Å². The summed E-state index contributed by atoms with van der Waals surface area (Å²) in [5.74, 6) is 1.83. The highest BCUT2D eigenvalue weighted by molar-refractivity contribution is 5.88. The highest BCUT2D eigenvalue weighted by atomic mass is 15.0. The summed E-state index contributed by atoms with van der Waals surface area (Å²) in [4.78, 5) is 14.6. The second-order valence-electron chi connectivity index (χ2n) is 10.8. The van der Waals surface area contributed by atoms with Crippen molar-refractivity contribution in [3.05, 3.63) is 138 Å². The summed E-state index contributed by atoms with van der Waals surface area (Å²) in [6, 6.07) is 43.4. The average Bonchev–Trinajstić information content (AvgIpc) is 3.28. The third-order valence-electron chi connectivity index (χ3n) is 7.96. The standard InChI is InChI=1S/C37H26N4/c1-37(2)32-19-10-9-18-29(32)30-21-20-28(31(23-38)33(30)37)26-16-11-17-27(22-26)36-40-34(24-12-5-3-6-13-24)39-35(41-36)25-14-7-4-8-15-25/h3-22H,1-2H3. The number of aromatic nitrogens is 3. The Bertz CT molecular complexity index is 1910. The van der Waals surface area contributed by atoms with Gasteiger partial charge in [-0.3, -0.25) is 0 Å². The van der Waals surface area contributed by atoms with Crippen molar-refractivity contribution in [2.24, 2.45) is 0 Å². The van der Waals surface area contributed by atoms with Crippen LogP contribution >= 0.6 is 0 Å². The Kier molecular flexibility index (Phi) is 5.80. The second-order valence-corrected chi connectivity index (χ2v) is 10.8. The van der Waals surface area contributed by atoms with Gasteiger partial charge in [0.05, 0.1) is 5.56 Å². The van der Waals surface area contributed by atoms with Gasteiger partial charge in [0, 0.05) is 22.1 Å². The maximum atomic E-state index is 10.5. The summed E-state index contributed by atoms with van der Waals surface area (Å²) < 4.78 is 0. The molecule has 4 nitrogen and oxygen atoms in total. The van der Waals surface area contributed by atoms with Crippen LogP contribution in [0, 0.1) is 11.3 Å². The smallest absolute Gasteiger partial charge is 0.164 e. The van der Waals surface area contributed by atoms with Gasteiger partial charge in [0.25, 0.3) is 0 Å². The molecule has 5 aromatic carbocycles. The Morgan fingerprint density at radius 1 is 0.512 bits per heavy atom. The molecule has 0 saturated carbocycles. The molecule has 194 valence electrons. The molecule has 0 spiro atoms. The SMILES string of the molecule is CC1(C)c2ccccc2-c2ccc(-c3cccc(-c4nc(-c5ccccc5)nc(-c5ccccc5)n4)c3)c(C#N)c21. The van der Waals surface area contributed by atoms with Crippen LogP contribution in [0.2, 0.25) is 0 Å². The molecule has 0 unspecified atom stereocenters. The molecular formula is C37H26N4. The number of benzene rings is 5. The fourth-order valence-corrected chi connectivity index (χ4v) is 5.99. The van der Waals surface area contributed by atoms with Crippen molar-refractivity contribution in [2.75, 3.05) is 0 Å². The molecule has 0 atom stereocenters. The molecule has 0 N–H and O–H groups in total. The number of hydrogen-bond acceptors (Lipinski definition) is 4. The van der Waals surface area contributed by atoms with Gasteiger partial charge < -0.3 is 0 Å². The molecule has 4 heteroatoms. The molecule has 1 aliphatic carbocycles. The van der Waals surface area contributed by atoms with E-state index in [4.69, 9.17) is 15.0 Å². The van der Waals surface area contributed by atoms with Crippen LogP contribution in [0.4, 0.5) is 0 Å². The summed E-state index contributed by atoms with van der Waals surface area (Å²) in [5, 5.41) is 10.5. The Balaban J connectivity index is 1.39. The number of nitriles is 1. The highest BCUT2D eigenvalue weighted by Crippen LogP contribution is 2.51. The Labute approximate surface area is 239 Å². The maximum Gasteiger partial charge on any atom is 0.164 e. The summed E-state index contributed by atoms with van der Waals surface area (Å²) >= 11 is 0. The minimum absolute atomic E-state index is 0.270. The molecule has 0 fully saturated rings. The van der Waals surface area contributed by atoms with E-state index in [9.17, 15) is 5.26 Å². The number of nitrogens with zero attached hydrogens (tertiary/aromatic N) is 4. The van der Waals surface area contributed by atoms with Crippen LogP contribution in [0.3, 0.4) is 0 Å². The van der Waals surface area contributed by atoms with Crippen molar-refractivity contribution in [3.63, 3.8) is 0 Å². The minimum atomic E-state index is -0.270. The zero-order valence-electron chi connectivity index (χ0n) is 22.8. The quantitative estimate of drug-likeness (QED) is 0.230. The van der Waals surface area contributed by atoms with Crippen molar-refractivity contribution in [1.82, 2.24) is 15.0 Å². The lowest BCUT2D eigenvalue weighted by atomic mass is 9.78. The first kappa shape index (κ1) is 24.6. The van der Waals surface area contributed by atoms with Gasteiger partial charge in [-0.1, -0.05) is 129 Å². The van der Waals surface area contributed by atoms with Gasteiger partial charge in [-0.2, -0.15) is 5.26 Å². The lowest BCUT2D eigenvalue weighted by Gasteiger charge is -2.23. The molecule has 1 aliphatic rings. The first-order valence-corrected chi connectivity index (χ1v) is 13.7. The van der Waals surface area contributed by atoms with E-state index in [2.05, 4.69) is 68.4 Å². The summed E-state index contributed by atoms with van der Waals surface area (Å²) in [5.41, 5.74) is 9.72. The molecule has 0 bridgehead atoms. The third-order valence-corrected chi connectivity index (χ3v) is 7.96. The third kappa shape index (κ3) is 4.11. The first-order chi connectivity index (χ1) is 20.0. The predicted molar refractivity (Wildman–Crippen MR) is 164 cm³/mol. The van der Waals surface area contributed by atoms with Gasteiger partial charge in [-0.25, -0.2) is 15.0 Å². The zero-order chi connectivity index (χ0) is 28.0. The second kappa shape index (κ2) is 9.66. The van der Waals surface area contributed by atoms with E-state index >= 15 is 0 Å². The molecule has 7 rings (SSSR count). The monoisotopic (exact) mass is 526 g/mol. The molecular weight excluding hydrogens is 500 g/mol. The topological polar surface area (TPSA) is 62.5 Å². The van der Waals surface area contributed by atoms with Crippen LogP contribution in [0.25, 0.3) is 56.4 Å². The van der Waals surface area contributed by atoms with E-state index in [-0.39, 0.29) is 5.41 Å². The largest absolute Gasteiger partial charge is 0.208 e. The van der Waals surface area contributed by atoms with Gasteiger partial charge in [0.2, 0.25) is 0 Å². The normalized spacial score (nSPS) is 12.8. The molecule has 0 aliphatic heterocycles. The molecule has 41 heavy (non-hydrogen) atoms. The van der Waals surface area contributed by atoms with Crippen LogP contribution in [0.15, 0.2) is 121 Å².